The molecule has 0 radical (unpaired) electrons. The second-order valence-electron chi connectivity index (χ2n) is 5.07. The van der Waals surface area contributed by atoms with Crippen LogP contribution in [0.5, 0.6) is 0 Å². The zero-order valence-corrected chi connectivity index (χ0v) is 13.5. The summed E-state index contributed by atoms with van der Waals surface area (Å²) in [5.74, 6) is -0.882. The fourth-order valence-corrected chi connectivity index (χ4v) is 3.60. The van der Waals surface area contributed by atoms with Gasteiger partial charge in [0.25, 0.3) is 5.69 Å². The first-order valence-electron chi connectivity index (χ1n) is 6.84. The number of sulfonamides is 1. The predicted molar refractivity (Wildman–Crippen MR) is 86.5 cm³/mol. The van der Waals surface area contributed by atoms with Crippen LogP contribution in [0.25, 0.3) is 0 Å². The van der Waals surface area contributed by atoms with Crippen molar-refractivity contribution in [3.63, 3.8) is 0 Å². The highest BCUT2D eigenvalue weighted by Gasteiger charge is 2.27. The minimum absolute atomic E-state index is 0.279. The third kappa shape index (κ3) is 3.76. The maximum atomic E-state index is 12.6. The first-order chi connectivity index (χ1) is 11.2. The van der Waals surface area contributed by atoms with Crippen LogP contribution in [0.15, 0.2) is 53.4 Å². The normalized spacial score (nSPS) is 12.5. The van der Waals surface area contributed by atoms with E-state index in [0.29, 0.717) is 11.1 Å². The van der Waals surface area contributed by atoms with Gasteiger partial charge in [0.15, 0.2) is 0 Å². The van der Waals surface area contributed by atoms with E-state index in [2.05, 4.69) is 4.72 Å². The first-order valence-corrected chi connectivity index (χ1v) is 8.32. The molecular weight excluding hydrogens is 334 g/mol. The second-order valence-corrected chi connectivity index (χ2v) is 6.76. The molecule has 9 heteroatoms. The molecule has 0 heterocycles. The van der Waals surface area contributed by atoms with E-state index in [9.17, 15) is 23.3 Å². The summed E-state index contributed by atoms with van der Waals surface area (Å²) in [4.78, 5) is 21.5. The molecule has 0 saturated heterocycles. The maximum Gasteiger partial charge on any atom is 0.270 e. The third-order valence-electron chi connectivity index (χ3n) is 3.36. The number of nitrogens with two attached hydrogens (primary N) is 1. The molecule has 3 N–H and O–H groups in total. The van der Waals surface area contributed by atoms with Crippen molar-refractivity contribution >= 4 is 21.6 Å². The average molecular weight is 349 g/mol. The minimum atomic E-state index is -4.19. The predicted octanol–water partition coefficient (Wildman–Crippen LogP) is 1.41. The topological polar surface area (TPSA) is 132 Å². The molecule has 0 aliphatic rings. The molecule has 0 saturated carbocycles. The standard InChI is InChI=1S/C15H15N3O5S/c1-10-7-8-12(18(20)21)9-13(10)24(22,23)17-14(15(16)19)11-5-3-2-4-6-11/h2-9,14,17H,1H3,(H2,16,19). The molecule has 2 aromatic rings. The number of amides is 1. The molecule has 8 nitrogen and oxygen atoms in total. The molecule has 0 aliphatic carbocycles. The molecule has 2 rings (SSSR count). The molecule has 0 aliphatic heterocycles. The number of primary amides is 1. The average Bonchev–Trinajstić information content (AvgIpc) is 2.53. The Morgan fingerprint density at radius 2 is 1.83 bits per heavy atom. The number of nitrogens with zero attached hydrogens (tertiary/aromatic N) is 1. The van der Waals surface area contributed by atoms with E-state index in [0.717, 1.165) is 6.07 Å². The van der Waals surface area contributed by atoms with Crippen molar-refractivity contribution in [3.8, 4) is 0 Å². The Balaban J connectivity index is 2.45. The lowest BCUT2D eigenvalue weighted by atomic mass is 10.1. The van der Waals surface area contributed by atoms with Crippen LogP contribution in [0, 0.1) is 17.0 Å². The van der Waals surface area contributed by atoms with E-state index in [-0.39, 0.29) is 10.6 Å². The van der Waals surface area contributed by atoms with Crippen LogP contribution in [0.4, 0.5) is 5.69 Å². The molecule has 126 valence electrons. The summed E-state index contributed by atoms with van der Waals surface area (Å²) in [6, 6.07) is 10.3. The Bertz CT molecular complexity index is 881. The van der Waals surface area contributed by atoms with Gasteiger partial charge in [-0.25, -0.2) is 8.42 Å². The van der Waals surface area contributed by atoms with Crippen molar-refractivity contribution in [2.45, 2.75) is 17.9 Å². The fourth-order valence-electron chi connectivity index (χ4n) is 2.15. The Kier molecular flexibility index (Phi) is 4.96. The quantitative estimate of drug-likeness (QED) is 0.601. The summed E-state index contributed by atoms with van der Waals surface area (Å²) in [6.45, 7) is 1.50. The molecule has 0 bridgehead atoms. The SMILES string of the molecule is Cc1ccc([N+](=O)[O-])cc1S(=O)(=O)NC(C(N)=O)c1ccccc1. The molecular formula is C15H15N3O5S. The summed E-state index contributed by atoms with van der Waals surface area (Å²) < 4.78 is 27.4. The van der Waals surface area contributed by atoms with Crippen molar-refractivity contribution < 1.29 is 18.1 Å². The highest BCUT2D eigenvalue weighted by molar-refractivity contribution is 7.89. The highest BCUT2D eigenvalue weighted by atomic mass is 32.2. The Labute approximate surface area is 138 Å². The van der Waals surface area contributed by atoms with Crippen LogP contribution in [0.3, 0.4) is 0 Å². The lowest BCUT2D eigenvalue weighted by molar-refractivity contribution is -0.385. The number of non-ortho nitro benzene ring substituents is 1. The summed E-state index contributed by atoms with van der Waals surface area (Å²) in [6.07, 6.45) is 0. The van der Waals surface area contributed by atoms with Gasteiger partial charge >= 0.3 is 0 Å². The summed E-state index contributed by atoms with van der Waals surface area (Å²) in [5.41, 5.74) is 5.61. The van der Waals surface area contributed by atoms with E-state index in [1.807, 2.05) is 0 Å². The van der Waals surface area contributed by atoms with Crippen molar-refractivity contribution in [3.05, 3.63) is 69.8 Å². The van der Waals surface area contributed by atoms with Crippen molar-refractivity contribution in [1.29, 1.82) is 0 Å². The van der Waals surface area contributed by atoms with Gasteiger partial charge in [0, 0.05) is 12.1 Å². The number of hydrogen-bond donors (Lipinski definition) is 2. The molecule has 1 amide bonds. The van der Waals surface area contributed by atoms with Gasteiger partial charge < -0.3 is 5.73 Å². The molecule has 0 aromatic heterocycles. The Hall–Kier alpha value is -2.78. The zero-order chi connectivity index (χ0) is 17.9. The van der Waals surface area contributed by atoms with E-state index < -0.39 is 26.9 Å². The highest BCUT2D eigenvalue weighted by Crippen LogP contribution is 2.23. The number of nitrogens with one attached hydrogen (secondary N) is 1. The number of rotatable bonds is 6. The largest absolute Gasteiger partial charge is 0.368 e. The van der Waals surface area contributed by atoms with Crippen LogP contribution < -0.4 is 10.5 Å². The fraction of sp³-hybridized carbons (Fsp3) is 0.133. The second kappa shape index (κ2) is 6.77. The van der Waals surface area contributed by atoms with Gasteiger partial charge in [0.05, 0.1) is 9.82 Å². The van der Waals surface area contributed by atoms with Crippen LogP contribution in [-0.2, 0) is 14.8 Å². The summed E-state index contributed by atoms with van der Waals surface area (Å²) >= 11 is 0. The number of nitro groups is 1. The minimum Gasteiger partial charge on any atom is -0.368 e. The zero-order valence-electron chi connectivity index (χ0n) is 12.7. The number of benzene rings is 2. The van der Waals surface area contributed by atoms with Gasteiger partial charge in [-0.05, 0) is 18.1 Å². The molecule has 1 atom stereocenters. The molecule has 24 heavy (non-hydrogen) atoms. The Morgan fingerprint density at radius 3 is 2.38 bits per heavy atom. The van der Waals surface area contributed by atoms with E-state index in [4.69, 9.17) is 5.73 Å². The monoisotopic (exact) mass is 349 g/mol. The van der Waals surface area contributed by atoms with Crippen LogP contribution >= 0.6 is 0 Å². The smallest absolute Gasteiger partial charge is 0.270 e. The van der Waals surface area contributed by atoms with E-state index in [1.165, 1.54) is 19.1 Å². The molecule has 1 unspecified atom stereocenters. The Morgan fingerprint density at radius 1 is 1.21 bits per heavy atom. The molecule has 0 fully saturated rings. The van der Waals surface area contributed by atoms with Gasteiger partial charge in [0.1, 0.15) is 6.04 Å². The number of nitro benzene ring substituents is 1. The van der Waals surface area contributed by atoms with Gasteiger partial charge in [-0.3, -0.25) is 14.9 Å². The van der Waals surface area contributed by atoms with E-state index in [1.54, 1.807) is 30.3 Å². The summed E-state index contributed by atoms with van der Waals surface area (Å²) in [7, 11) is -4.19. The first kappa shape index (κ1) is 17.6. The number of hydrogen-bond acceptors (Lipinski definition) is 5. The van der Waals surface area contributed by atoms with Crippen LogP contribution in [-0.4, -0.2) is 19.2 Å². The number of aryl methyl sites for hydroxylation is 1. The van der Waals surface area contributed by atoms with Crippen molar-refractivity contribution in [1.82, 2.24) is 4.72 Å². The lowest BCUT2D eigenvalue weighted by Gasteiger charge is -2.17. The van der Waals surface area contributed by atoms with E-state index >= 15 is 0 Å². The van der Waals surface area contributed by atoms with Gasteiger partial charge in [-0.1, -0.05) is 36.4 Å². The van der Waals surface area contributed by atoms with Gasteiger partial charge in [-0.2, -0.15) is 4.72 Å². The number of carbonyl (C=O) groups is 1. The van der Waals surface area contributed by atoms with Crippen LogP contribution in [0.1, 0.15) is 17.2 Å². The lowest BCUT2D eigenvalue weighted by Crippen LogP contribution is -2.37. The molecule has 0 spiro atoms. The van der Waals surface area contributed by atoms with Crippen molar-refractivity contribution in [2.24, 2.45) is 5.73 Å². The third-order valence-corrected chi connectivity index (χ3v) is 4.93. The van der Waals surface area contributed by atoms with Crippen molar-refractivity contribution in [2.75, 3.05) is 0 Å². The van der Waals surface area contributed by atoms with Gasteiger partial charge in [0.2, 0.25) is 15.9 Å². The number of carbonyl (C=O) groups excluding carboxylic acids is 1. The van der Waals surface area contributed by atoms with Crippen LogP contribution in [0.2, 0.25) is 0 Å². The maximum absolute atomic E-state index is 12.6. The van der Waals surface area contributed by atoms with Gasteiger partial charge in [-0.15, -0.1) is 0 Å². The molecule has 2 aromatic carbocycles. The summed E-state index contributed by atoms with van der Waals surface area (Å²) in [5, 5.41) is 10.9.